The van der Waals surface area contributed by atoms with Crippen LogP contribution in [0.25, 0.3) is 0 Å². The summed E-state index contributed by atoms with van der Waals surface area (Å²) in [6, 6.07) is 1.70. The molecule has 80 valence electrons. The standard InChI is InChI=1S/C8H14N2O2S2/c1-2-8-7-10(4-5-13-8)14(11,12)6-3-9/h8H,2,4-7H2,1H3. The Labute approximate surface area is 89.3 Å². The molecule has 0 radical (unpaired) electrons. The Morgan fingerprint density at radius 3 is 2.93 bits per heavy atom. The number of hydrogen-bond acceptors (Lipinski definition) is 4. The fourth-order valence-corrected chi connectivity index (χ4v) is 3.88. The lowest BCUT2D eigenvalue weighted by molar-refractivity contribution is 0.418. The van der Waals surface area contributed by atoms with Crippen molar-refractivity contribution in [3.63, 3.8) is 0 Å². The molecule has 0 aromatic heterocycles. The molecule has 1 atom stereocenters. The zero-order valence-corrected chi connectivity index (χ0v) is 9.77. The fourth-order valence-electron chi connectivity index (χ4n) is 1.36. The molecule has 6 heteroatoms. The van der Waals surface area contributed by atoms with E-state index in [9.17, 15) is 8.42 Å². The summed E-state index contributed by atoms with van der Waals surface area (Å²) in [4.78, 5) is 0. The zero-order valence-electron chi connectivity index (χ0n) is 8.14. The van der Waals surface area contributed by atoms with E-state index in [0.717, 1.165) is 12.2 Å². The Balaban J connectivity index is 2.65. The third kappa shape index (κ3) is 2.87. The molecule has 1 heterocycles. The molecule has 0 aromatic rings. The van der Waals surface area contributed by atoms with Gasteiger partial charge in [-0.2, -0.15) is 21.3 Å². The van der Waals surface area contributed by atoms with E-state index >= 15 is 0 Å². The third-order valence-electron chi connectivity index (χ3n) is 2.20. The highest BCUT2D eigenvalue weighted by Gasteiger charge is 2.27. The lowest BCUT2D eigenvalue weighted by Crippen LogP contribution is -2.42. The van der Waals surface area contributed by atoms with Crippen molar-refractivity contribution in [3.8, 4) is 6.07 Å². The van der Waals surface area contributed by atoms with E-state index in [1.807, 2.05) is 11.8 Å². The lowest BCUT2D eigenvalue weighted by Gasteiger charge is -2.30. The second-order valence-corrected chi connectivity index (χ2v) is 6.55. The maximum absolute atomic E-state index is 11.5. The summed E-state index contributed by atoms with van der Waals surface area (Å²) in [5, 5.41) is 8.78. The van der Waals surface area contributed by atoms with E-state index in [1.165, 1.54) is 4.31 Å². The first-order valence-electron chi connectivity index (χ1n) is 4.56. The molecular weight excluding hydrogens is 220 g/mol. The first-order valence-corrected chi connectivity index (χ1v) is 7.22. The minimum absolute atomic E-state index is 0.386. The van der Waals surface area contributed by atoms with Gasteiger partial charge in [-0.3, -0.25) is 0 Å². The summed E-state index contributed by atoms with van der Waals surface area (Å²) in [5.74, 6) is 0.442. The number of sulfonamides is 1. The van der Waals surface area contributed by atoms with Gasteiger partial charge < -0.3 is 0 Å². The van der Waals surface area contributed by atoms with E-state index < -0.39 is 15.8 Å². The van der Waals surface area contributed by atoms with Gasteiger partial charge in [0.1, 0.15) is 0 Å². The van der Waals surface area contributed by atoms with Gasteiger partial charge in [-0.15, -0.1) is 0 Å². The predicted molar refractivity (Wildman–Crippen MR) is 57.5 cm³/mol. The van der Waals surface area contributed by atoms with Gasteiger partial charge in [0, 0.05) is 24.1 Å². The van der Waals surface area contributed by atoms with Crippen molar-refractivity contribution in [3.05, 3.63) is 0 Å². The van der Waals surface area contributed by atoms with E-state index in [4.69, 9.17) is 5.26 Å². The van der Waals surface area contributed by atoms with E-state index in [-0.39, 0.29) is 0 Å². The van der Waals surface area contributed by atoms with E-state index in [1.54, 1.807) is 6.07 Å². The quantitative estimate of drug-likeness (QED) is 0.720. The molecule has 1 rings (SSSR count). The Morgan fingerprint density at radius 1 is 1.64 bits per heavy atom. The average Bonchev–Trinajstić information content (AvgIpc) is 2.18. The van der Waals surface area contributed by atoms with Crippen molar-refractivity contribution in [2.24, 2.45) is 0 Å². The molecule has 0 spiro atoms. The smallest absolute Gasteiger partial charge is 0.211 e. The van der Waals surface area contributed by atoms with Crippen molar-refractivity contribution in [2.75, 3.05) is 24.6 Å². The lowest BCUT2D eigenvalue weighted by atomic mass is 10.3. The molecule has 0 bridgehead atoms. The van der Waals surface area contributed by atoms with Gasteiger partial charge in [-0.25, -0.2) is 8.42 Å². The number of hydrogen-bond donors (Lipinski definition) is 0. The molecule has 0 saturated carbocycles. The molecular formula is C8H14N2O2S2. The molecule has 14 heavy (non-hydrogen) atoms. The highest BCUT2D eigenvalue weighted by atomic mass is 32.2. The Hall–Kier alpha value is -0.250. The highest BCUT2D eigenvalue weighted by molar-refractivity contribution is 8.00. The van der Waals surface area contributed by atoms with Gasteiger partial charge in [0.15, 0.2) is 5.75 Å². The van der Waals surface area contributed by atoms with Crippen molar-refractivity contribution in [1.82, 2.24) is 4.31 Å². The molecule has 1 aliphatic heterocycles. The molecule has 1 fully saturated rings. The molecule has 0 aliphatic carbocycles. The molecule has 1 aliphatic rings. The van der Waals surface area contributed by atoms with Crippen LogP contribution in [0, 0.1) is 11.3 Å². The molecule has 0 N–H and O–H groups in total. The number of thioether (sulfide) groups is 1. The van der Waals surface area contributed by atoms with E-state index in [2.05, 4.69) is 6.92 Å². The van der Waals surface area contributed by atoms with Crippen molar-refractivity contribution in [2.45, 2.75) is 18.6 Å². The van der Waals surface area contributed by atoms with Crippen LogP contribution in [-0.4, -0.2) is 42.6 Å². The van der Waals surface area contributed by atoms with Gasteiger partial charge in [0.2, 0.25) is 10.0 Å². The zero-order chi connectivity index (χ0) is 10.6. The predicted octanol–water partition coefficient (Wildman–Crippen LogP) is 0.667. The normalized spacial score (nSPS) is 24.4. The van der Waals surface area contributed by atoms with Crippen LogP contribution in [0.15, 0.2) is 0 Å². The Kier molecular flexibility index (Phi) is 4.23. The van der Waals surface area contributed by atoms with Crippen LogP contribution >= 0.6 is 11.8 Å². The van der Waals surface area contributed by atoms with Crippen molar-refractivity contribution < 1.29 is 8.42 Å². The van der Waals surface area contributed by atoms with Crippen LogP contribution in [-0.2, 0) is 10.0 Å². The van der Waals surface area contributed by atoms with Crippen molar-refractivity contribution >= 4 is 21.8 Å². The largest absolute Gasteiger partial charge is 0.227 e. The molecule has 0 aromatic carbocycles. The minimum atomic E-state index is -3.32. The molecule has 4 nitrogen and oxygen atoms in total. The first-order chi connectivity index (χ1) is 6.60. The van der Waals surface area contributed by atoms with Crippen LogP contribution in [0.1, 0.15) is 13.3 Å². The summed E-state index contributed by atoms with van der Waals surface area (Å²) in [5.41, 5.74) is 0. The monoisotopic (exact) mass is 234 g/mol. The van der Waals surface area contributed by atoms with Crippen LogP contribution in [0.3, 0.4) is 0 Å². The van der Waals surface area contributed by atoms with Gasteiger partial charge in [-0.1, -0.05) is 6.92 Å². The maximum atomic E-state index is 11.5. The second-order valence-electron chi connectivity index (χ2n) is 3.17. The van der Waals surface area contributed by atoms with Crippen LogP contribution < -0.4 is 0 Å². The number of nitrogens with zero attached hydrogens (tertiary/aromatic N) is 2. The summed E-state index contributed by atoms with van der Waals surface area (Å²) in [6.07, 6.45) is 0.975. The third-order valence-corrected chi connectivity index (χ3v) is 5.18. The first kappa shape index (κ1) is 11.8. The van der Waals surface area contributed by atoms with Gasteiger partial charge >= 0.3 is 0 Å². The minimum Gasteiger partial charge on any atom is -0.211 e. The number of rotatable bonds is 3. The van der Waals surface area contributed by atoms with Crippen LogP contribution in [0.2, 0.25) is 0 Å². The van der Waals surface area contributed by atoms with E-state index in [0.29, 0.717) is 18.3 Å². The SMILES string of the molecule is CCC1CN(S(=O)(=O)CC#N)CCS1. The molecule has 0 amide bonds. The van der Waals surface area contributed by atoms with Gasteiger partial charge in [0.25, 0.3) is 0 Å². The molecule has 1 saturated heterocycles. The Morgan fingerprint density at radius 2 is 2.36 bits per heavy atom. The summed E-state index contributed by atoms with van der Waals surface area (Å²) < 4.78 is 24.5. The summed E-state index contributed by atoms with van der Waals surface area (Å²) in [6.45, 7) is 3.16. The van der Waals surface area contributed by atoms with Crippen molar-refractivity contribution in [1.29, 1.82) is 5.26 Å². The van der Waals surface area contributed by atoms with Crippen LogP contribution in [0.4, 0.5) is 0 Å². The van der Waals surface area contributed by atoms with Crippen LogP contribution in [0.5, 0.6) is 0 Å². The molecule has 1 unspecified atom stereocenters. The summed E-state index contributed by atoms with van der Waals surface area (Å²) in [7, 11) is -3.32. The highest BCUT2D eigenvalue weighted by Crippen LogP contribution is 2.22. The summed E-state index contributed by atoms with van der Waals surface area (Å²) >= 11 is 1.81. The second kappa shape index (κ2) is 5.01. The van der Waals surface area contributed by atoms with Gasteiger partial charge in [0.05, 0.1) is 6.07 Å². The number of nitriles is 1. The fraction of sp³-hybridized carbons (Fsp3) is 0.875. The van der Waals surface area contributed by atoms with Gasteiger partial charge in [-0.05, 0) is 6.42 Å². The Bertz CT molecular complexity index is 321. The average molecular weight is 234 g/mol. The maximum Gasteiger partial charge on any atom is 0.227 e. The topological polar surface area (TPSA) is 61.2 Å².